The van der Waals surface area contributed by atoms with Crippen LogP contribution in [0.4, 0.5) is 9.18 Å². The Balaban J connectivity index is 1.83. The molecule has 22 heavy (non-hydrogen) atoms. The van der Waals surface area contributed by atoms with Gasteiger partial charge in [-0.2, -0.15) is 11.8 Å². The number of rotatable bonds is 5. The minimum atomic E-state index is -0.252. The first-order valence-electron chi connectivity index (χ1n) is 7.57. The van der Waals surface area contributed by atoms with Crippen molar-refractivity contribution >= 4 is 17.8 Å². The van der Waals surface area contributed by atoms with Crippen LogP contribution >= 0.6 is 11.8 Å². The van der Waals surface area contributed by atoms with Crippen LogP contribution < -0.4 is 10.6 Å². The zero-order chi connectivity index (χ0) is 15.9. The zero-order valence-electron chi connectivity index (χ0n) is 12.8. The average molecular weight is 326 g/mol. The highest BCUT2D eigenvalue weighted by Crippen LogP contribution is 2.19. The molecule has 0 radical (unpaired) electrons. The number of hydrogen-bond donors (Lipinski definition) is 3. The van der Waals surface area contributed by atoms with Gasteiger partial charge in [-0.3, -0.25) is 0 Å². The summed E-state index contributed by atoms with van der Waals surface area (Å²) in [5.41, 5.74) is 1.85. The smallest absolute Gasteiger partial charge is 0.315 e. The highest BCUT2D eigenvalue weighted by molar-refractivity contribution is 7.97. The summed E-state index contributed by atoms with van der Waals surface area (Å²) in [6.07, 6.45) is 4.83. The van der Waals surface area contributed by atoms with Crippen LogP contribution in [0.15, 0.2) is 18.2 Å². The number of urea groups is 1. The molecule has 0 saturated heterocycles. The van der Waals surface area contributed by atoms with Crippen LogP contribution in [0.25, 0.3) is 0 Å². The molecule has 6 heteroatoms. The number of hydrogen-bond acceptors (Lipinski definition) is 3. The topological polar surface area (TPSA) is 61.4 Å². The number of carbonyl (C=O) groups excluding carboxylic acids is 1. The number of nitrogens with one attached hydrogen (secondary N) is 2. The molecular formula is C16H23FN2O2S. The van der Waals surface area contributed by atoms with E-state index in [1.165, 1.54) is 12.1 Å². The van der Waals surface area contributed by atoms with E-state index < -0.39 is 0 Å². The summed E-state index contributed by atoms with van der Waals surface area (Å²) in [6, 6.07) is 4.58. The second-order valence-electron chi connectivity index (χ2n) is 5.68. The van der Waals surface area contributed by atoms with Gasteiger partial charge in [0.25, 0.3) is 0 Å². The van der Waals surface area contributed by atoms with Gasteiger partial charge in [0, 0.05) is 18.3 Å². The Morgan fingerprint density at radius 3 is 2.73 bits per heavy atom. The predicted molar refractivity (Wildman–Crippen MR) is 87.3 cm³/mol. The van der Waals surface area contributed by atoms with Crippen molar-refractivity contribution in [3.05, 3.63) is 35.1 Å². The molecule has 0 spiro atoms. The summed E-state index contributed by atoms with van der Waals surface area (Å²) in [6.45, 7) is 0.386. The number of carbonyl (C=O) groups is 1. The van der Waals surface area contributed by atoms with Gasteiger partial charge in [-0.1, -0.05) is 6.07 Å². The van der Waals surface area contributed by atoms with E-state index in [1.54, 1.807) is 17.8 Å². The Bertz CT molecular complexity index is 505. The van der Waals surface area contributed by atoms with E-state index in [2.05, 4.69) is 10.6 Å². The molecule has 0 atom stereocenters. The third kappa shape index (κ3) is 5.18. The van der Waals surface area contributed by atoms with Crippen molar-refractivity contribution in [2.75, 3.05) is 6.26 Å². The van der Waals surface area contributed by atoms with E-state index in [0.29, 0.717) is 6.54 Å². The fourth-order valence-electron chi connectivity index (χ4n) is 2.69. The van der Waals surface area contributed by atoms with Crippen molar-refractivity contribution in [3.8, 4) is 0 Å². The lowest BCUT2D eigenvalue weighted by Crippen LogP contribution is -2.43. The van der Waals surface area contributed by atoms with Crippen molar-refractivity contribution < 1.29 is 14.3 Å². The Hall–Kier alpha value is -1.27. The molecule has 2 rings (SSSR count). The number of benzene rings is 1. The van der Waals surface area contributed by atoms with Gasteiger partial charge in [0.05, 0.1) is 6.10 Å². The minimum absolute atomic E-state index is 0.127. The number of thioether (sulfide) groups is 1. The molecule has 122 valence electrons. The van der Waals surface area contributed by atoms with Gasteiger partial charge in [-0.25, -0.2) is 9.18 Å². The lowest BCUT2D eigenvalue weighted by Gasteiger charge is -2.26. The molecule has 1 fully saturated rings. The predicted octanol–water partition coefficient (Wildman–Crippen LogP) is 2.79. The molecule has 1 aromatic carbocycles. The summed E-state index contributed by atoms with van der Waals surface area (Å²) < 4.78 is 13.3. The number of aliphatic hydroxyl groups excluding tert-OH is 1. The molecule has 1 aromatic rings. The highest BCUT2D eigenvalue weighted by atomic mass is 32.2. The lowest BCUT2D eigenvalue weighted by molar-refractivity contribution is 0.117. The van der Waals surface area contributed by atoms with Crippen molar-refractivity contribution in [1.82, 2.24) is 10.6 Å². The number of amides is 2. The molecule has 0 unspecified atom stereocenters. The van der Waals surface area contributed by atoms with Crippen molar-refractivity contribution in [2.45, 2.75) is 50.1 Å². The molecule has 1 aliphatic rings. The van der Waals surface area contributed by atoms with Gasteiger partial charge in [0.2, 0.25) is 0 Å². The van der Waals surface area contributed by atoms with Crippen molar-refractivity contribution in [2.24, 2.45) is 0 Å². The van der Waals surface area contributed by atoms with Gasteiger partial charge in [0.1, 0.15) is 5.82 Å². The van der Waals surface area contributed by atoms with Gasteiger partial charge >= 0.3 is 6.03 Å². The summed E-state index contributed by atoms with van der Waals surface area (Å²) in [5.74, 6) is 0.467. The van der Waals surface area contributed by atoms with Crippen LogP contribution in [-0.4, -0.2) is 29.5 Å². The summed E-state index contributed by atoms with van der Waals surface area (Å²) in [4.78, 5) is 11.9. The largest absolute Gasteiger partial charge is 0.393 e. The van der Waals surface area contributed by atoms with Gasteiger partial charge in [-0.15, -0.1) is 0 Å². The fourth-order valence-corrected chi connectivity index (χ4v) is 3.27. The minimum Gasteiger partial charge on any atom is -0.393 e. The first-order chi connectivity index (χ1) is 10.6. The maximum Gasteiger partial charge on any atom is 0.315 e. The third-order valence-corrected chi connectivity index (χ3v) is 4.54. The molecule has 0 aromatic heterocycles. The Kier molecular flexibility index (Phi) is 6.51. The van der Waals surface area contributed by atoms with Gasteiger partial charge in [0.15, 0.2) is 0 Å². The van der Waals surface area contributed by atoms with Crippen LogP contribution in [0.2, 0.25) is 0 Å². The van der Waals surface area contributed by atoms with E-state index in [-0.39, 0.29) is 24.0 Å². The Morgan fingerprint density at radius 2 is 2.05 bits per heavy atom. The number of aliphatic hydroxyl groups is 1. The SMILES string of the molecule is CSCc1cc(F)ccc1CNC(=O)NC1CCC(O)CC1. The van der Waals surface area contributed by atoms with E-state index >= 15 is 0 Å². The second kappa shape index (κ2) is 8.39. The van der Waals surface area contributed by atoms with E-state index in [9.17, 15) is 14.3 Å². The summed E-state index contributed by atoms with van der Waals surface area (Å²) in [7, 11) is 0. The van der Waals surface area contributed by atoms with Crippen LogP contribution in [0.5, 0.6) is 0 Å². The Labute approximate surface area is 134 Å². The maximum absolute atomic E-state index is 13.3. The zero-order valence-corrected chi connectivity index (χ0v) is 13.6. The molecular weight excluding hydrogens is 303 g/mol. The standard InChI is InChI=1S/C16H23FN2O2S/c1-22-10-12-8-13(17)3-2-11(12)9-18-16(21)19-14-4-6-15(20)7-5-14/h2-3,8,14-15,20H,4-7,9-10H2,1H3,(H2,18,19,21). The quantitative estimate of drug-likeness (QED) is 0.780. The molecule has 1 saturated carbocycles. The fraction of sp³-hybridized carbons (Fsp3) is 0.562. The first-order valence-corrected chi connectivity index (χ1v) is 8.96. The number of halogens is 1. The molecule has 4 nitrogen and oxygen atoms in total. The molecule has 2 amide bonds. The molecule has 0 aliphatic heterocycles. The van der Waals surface area contributed by atoms with Crippen LogP contribution in [0.1, 0.15) is 36.8 Å². The summed E-state index contributed by atoms with van der Waals surface area (Å²) >= 11 is 1.62. The lowest BCUT2D eigenvalue weighted by atomic mass is 9.93. The van der Waals surface area contributed by atoms with Crippen molar-refractivity contribution in [1.29, 1.82) is 0 Å². The average Bonchev–Trinajstić information content (AvgIpc) is 2.49. The molecule has 0 heterocycles. The summed E-state index contributed by atoms with van der Waals surface area (Å²) in [5, 5.41) is 15.2. The van der Waals surface area contributed by atoms with E-state index in [0.717, 1.165) is 42.6 Å². The maximum atomic E-state index is 13.3. The Morgan fingerprint density at radius 1 is 1.32 bits per heavy atom. The normalized spacial score (nSPS) is 21.4. The molecule has 0 bridgehead atoms. The second-order valence-corrected chi connectivity index (χ2v) is 6.54. The van der Waals surface area contributed by atoms with Crippen LogP contribution in [-0.2, 0) is 12.3 Å². The monoisotopic (exact) mass is 326 g/mol. The third-order valence-electron chi connectivity index (χ3n) is 3.94. The van der Waals surface area contributed by atoms with Gasteiger partial charge < -0.3 is 15.7 Å². The van der Waals surface area contributed by atoms with E-state index in [4.69, 9.17) is 0 Å². The highest BCUT2D eigenvalue weighted by Gasteiger charge is 2.20. The van der Waals surface area contributed by atoms with Gasteiger partial charge in [-0.05, 0) is 55.2 Å². The van der Waals surface area contributed by atoms with Crippen LogP contribution in [0.3, 0.4) is 0 Å². The molecule has 1 aliphatic carbocycles. The van der Waals surface area contributed by atoms with Crippen LogP contribution in [0, 0.1) is 5.82 Å². The molecule has 3 N–H and O–H groups in total. The van der Waals surface area contributed by atoms with E-state index in [1.807, 2.05) is 6.26 Å². The van der Waals surface area contributed by atoms with Crippen molar-refractivity contribution in [3.63, 3.8) is 0 Å². The first kappa shape index (κ1) is 17.1.